The number of hydrogen-bond donors (Lipinski definition) is 2. The van der Waals surface area contributed by atoms with Crippen LogP contribution in [0.1, 0.15) is 39.5 Å². The van der Waals surface area contributed by atoms with Crippen molar-refractivity contribution >= 4 is 5.97 Å². The van der Waals surface area contributed by atoms with Crippen LogP contribution in [0.4, 0.5) is 0 Å². The van der Waals surface area contributed by atoms with E-state index in [0.717, 1.165) is 26.2 Å². The second kappa shape index (κ2) is 6.41. The quantitative estimate of drug-likeness (QED) is 0.807. The molecule has 0 spiro atoms. The van der Waals surface area contributed by atoms with Gasteiger partial charge in [-0.2, -0.15) is 0 Å². The molecule has 1 saturated carbocycles. The molecule has 20 heavy (non-hydrogen) atoms. The van der Waals surface area contributed by atoms with E-state index < -0.39 is 11.6 Å². The van der Waals surface area contributed by atoms with Crippen LogP contribution in [0, 0.1) is 5.92 Å². The third kappa shape index (κ3) is 3.93. The van der Waals surface area contributed by atoms with Crippen molar-refractivity contribution in [1.82, 2.24) is 9.80 Å². The maximum Gasteiger partial charge on any atom is 0.306 e. The zero-order chi connectivity index (χ0) is 14.8. The molecule has 1 aliphatic carbocycles. The predicted octanol–water partition coefficient (Wildman–Crippen LogP) is 1.02. The van der Waals surface area contributed by atoms with Crippen LogP contribution < -0.4 is 0 Å². The van der Waals surface area contributed by atoms with Crippen LogP contribution in [0.3, 0.4) is 0 Å². The van der Waals surface area contributed by atoms with Gasteiger partial charge in [-0.25, -0.2) is 0 Å². The van der Waals surface area contributed by atoms with E-state index in [-0.39, 0.29) is 5.92 Å². The standard InChI is InChI=1S/C15H28N2O3/c1-12(2)17-9-7-16(8-10-17)11-15(20)5-3-13(4-6-15)14(18)19/h12-13,20H,3-11H2,1-2H3,(H,18,19). The summed E-state index contributed by atoms with van der Waals surface area (Å²) in [6.07, 6.45) is 2.46. The fraction of sp³-hybridized carbons (Fsp3) is 0.933. The molecule has 0 atom stereocenters. The molecule has 2 rings (SSSR count). The van der Waals surface area contributed by atoms with E-state index in [9.17, 15) is 9.90 Å². The number of hydrogen-bond acceptors (Lipinski definition) is 4. The van der Waals surface area contributed by atoms with Gasteiger partial charge in [-0.05, 0) is 39.5 Å². The Labute approximate surface area is 121 Å². The average molecular weight is 284 g/mol. The third-order valence-corrected chi connectivity index (χ3v) is 4.92. The van der Waals surface area contributed by atoms with Crippen molar-refractivity contribution in [2.24, 2.45) is 5.92 Å². The van der Waals surface area contributed by atoms with Gasteiger partial charge in [-0.15, -0.1) is 0 Å². The van der Waals surface area contributed by atoms with Gasteiger partial charge >= 0.3 is 5.97 Å². The number of aliphatic carboxylic acids is 1. The lowest BCUT2D eigenvalue weighted by Crippen LogP contribution is -2.54. The van der Waals surface area contributed by atoms with E-state index in [2.05, 4.69) is 23.6 Å². The lowest BCUT2D eigenvalue weighted by Gasteiger charge is -2.42. The second-order valence-electron chi connectivity index (χ2n) is 6.74. The molecule has 1 heterocycles. The van der Waals surface area contributed by atoms with E-state index in [4.69, 9.17) is 5.11 Å². The molecule has 0 unspecified atom stereocenters. The Balaban J connectivity index is 1.78. The Morgan fingerprint density at radius 2 is 1.75 bits per heavy atom. The smallest absolute Gasteiger partial charge is 0.306 e. The van der Waals surface area contributed by atoms with Crippen LogP contribution in [0.5, 0.6) is 0 Å². The summed E-state index contributed by atoms with van der Waals surface area (Å²) in [4.78, 5) is 15.8. The Morgan fingerprint density at radius 3 is 2.20 bits per heavy atom. The highest BCUT2D eigenvalue weighted by Crippen LogP contribution is 2.33. The van der Waals surface area contributed by atoms with Crippen LogP contribution in [-0.4, -0.2) is 70.3 Å². The molecule has 116 valence electrons. The number of β-amino-alcohol motifs (C(OH)–C–C–N with tert-alkyl or cyclic N) is 1. The number of carboxylic acids is 1. The molecule has 2 N–H and O–H groups in total. The van der Waals surface area contributed by atoms with Crippen LogP contribution in [0.2, 0.25) is 0 Å². The summed E-state index contributed by atoms with van der Waals surface area (Å²) in [6.45, 7) is 9.26. The second-order valence-corrected chi connectivity index (χ2v) is 6.74. The van der Waals surface area contributed by atoms with Crippen LogP contribution in [0.15, 0.2) is 0 Å². The predicted molar refractivity (Wildman–Crippen MR) is 77.7 cm³/mol. The molecule has 2 fully saturated rings. The molecule has 5 nitrogen and oxygen atoms in total. The first-order chi connectivity index (χ1) is 9.39. The van der Waals surface area contributed by atoms with Crippen molar-refractivity contribution in [2.45, 2.75) is 51.2 Å². The lowest BCUT2D eigenvalue weighted by atomic mass is 9.78. The third-order valence-electron chi connectivity index (χ3n) is 4.92. The number of aliphatic hydroxyl groups is 1. The summed E-state index contributed by atoms with van der Waals surface area (Å²) in [5, 5.41) is 19.7. The van der Waals surface area contributed by atoms with Crippen molar-refractivity contribution < 1.29 is 15.0 Å². The average Bonchev–Trinajstić information content (AvgIpc) is 2.39. The molecular formula is C15H28N2O3. The van der Waals surface area contributed by atoms with Crippen molar-refractivity contribution in [3.63, 3.8) is 0 Å². The molecule has 0 amide bonds. The fourth-order valence-corrected chi connectivity index (χ4v) is 3.41. The summed E-state index contributed by atoms with van der Waals surface area (Å²) < 4.78 is 0. The maximum atomic E-state index is 11.0. The highest BCUT2D eigenvalue weighted by atomic mass is 16.4. The SMILES string of the molecule is CC(C)N1CCN(CC2(O)CCC(C(=O)O)CC2)CC1. The highest BCUT2D eigenvalue weighted by Gasteiger charge is 2.37. The Kier molecular flexibility index (Phi) is 5.04. The molecule has 0 aromatic heterocycles. The fourth-order valence-electron chi connectivity index (χ4n) is 3.41. The number of carboxylic acid groups (broad SMARTS) is 1. The Bertz CT molecular complexity index is 330. The van der Waals surface area contributed by atoms with E-state index in [1.807, 2.05) is 0 Å². The summed E-state index contributed by atoms with van der Waals surface area (Å²) in [5.41, 5.74) is -0.675. The van der Waals surface area contributed by atoms with E-state index >= 15 is 0 Å². The van der Waals surface area contributed by atoms with Crippen LogP contribution in [0.25, 0.3) is 0 Å². The minimum Gasteiger partial charge on any atom is -0.481 e. The van der Waals surface area contributed by atoms with Crippen LogP contribution >= 0.6 is 0 Å². The molecular weight excluding hydrogens is 256 g/mol. The van der Waals surface area contributed by atoms with Gasteiger partial charge in [-0.3, -0.25) is 14.6 Å². The number of rotatable bonds is 4. The Morgan fingerprint density at radius 1 is 1.20 bits per heavy atom. The van der Waals surface area contributed by atoms with Crippen molar-refractivity contribution in [3.8, 4) is 0 Å². The van der Waals surface area contributed by atoms with Gasteiger partial charge in [0.15, 0.2) is 0 Å². The van der Waals surface area contributed by atoms with E-state index in [0.29, 0.717) is 38.3 Å². The summed E-state index contributed by atoms with van der Waals surface area (Å²) in [5.74, 6) is -0.967. The normalized spacial score (nSPS) is 33.5. The lowest BCUT2D eigenvalue weighted by molar-refractivity contribution is -0.145. The number of nitrogens with zero attached hydrogens (tertiary/aromatic N) is 2. The molecule has 0 aromatic rings. The zero-order valence-electron chi connectivity index (χ0n) is 12.7. The maximum absolute atomic E-state index is 11.0. The minimum absolute atomic E-state index is 0.256. The van der Waals surface area contributed by atoms with Crippen molar-refractivity contribution in [2.75, 3.05) is 32.7 Å². The van der Waals surface area contributed by atoms with Gasteiger partial charge in [0.05, 0.1) is 11.5 Å². The first kappa shape index (κ1) is 15.7. The molecule has 0 bridgehead atoms. The van der Waals surface area contributed by atoms with Gasteiger partial charge in [0.1, 0.15) is 0 Å². The zero-order valence-corrected chi connectivity index (χ0v) is 12.7. The van der Waals surface area contributed by atoms with Gasteiger partial charge in [0.25, 0.3) is 0 Å². The van der Waals surface area contributed by atoms with E-state index in [1.54, 1.807) is 0 Å². The van der Waals surface area contributed by atoms with Gasteiger partial charge in [0.2, 0.25) is 0 Å². The molecule has 1 saturated heterocycles. The monoisotopic (exact) mass is 284 g/mol. The molecule has 1 aliphatic heterocycles. The first-order valence-electron chi connectivity index (χ1n) is 7.81. The number of piperazine rings is 1. The molecule has 0 radical (unpaired) electrons. The van der Waals surface area contributed by atoms with Gasteiger partial charge in [-0.1, -0.05) is 0 Å². The van der Waals surface area contributed by atoms with Gasteiger partial charge in [0, 0.05) is 38.8 Å². The van der Waals surface area contributed by atoms with Crippen molar-refractivity contribution in [1.29, 1.82) is 0 Å². The van der Waals surface area contributed by atoms with Crippen molar-refractivity contribution in [3.05, 3.63) is 0 Å². The van der Waals surface area contributed by atoms with Gasteiger partial charge < -0.3 is 10.2 Å². The number of carbonyl (C=O) groups is 1. The largest absolute Gasteiger partial charge is 0.481 e. The summed E-state index contributed by atoms with van der Waals surface area (Å²) in [6, 6.07) is 0.589. The topological polar surface area (TPSA) is 64.0 Å². The molecule has 5 heteroatoms. The molecule has 0 aromatic carbocycles. The summed E-state index contributed by atoms with van der Waals surface area (Å²) >= 11 is 0. The van der Waals surface area contributed by atoms with Crippen LogP contribution in [-0.2, 0) is 4.79 Å². The molecule has 2 aliphatic rings. The Hall–Kier alpha value is -0.650. The highest BCUT2D eigenvalue weighted by molar-refractivity contribution is 5.70. The summed E-state index contributed by atoms with van der Waals surface area (Å²) in [7, 11) is 0. The first-order valence-corrected chi connectivity index (χ1v) is 7.81. The minimum atomic E-state index is -0.711. The van der Waals surface area contributed by atoms with E-state index in [1.165, 1.54) is 0 Å².